The molecule has 1 aromatic rings. The number of hydrogen-bond acceptors (Lipinski definition) is 3. The van der Waals surface area contributed by atoms with Crippen LogP contribution in [-0.2, 0) is 9.59 Å². The quantitative estimate of drug-likeness (QED) is 0.877. The number of likely N-dealkylation sites (tertiary alicyclic amines) is 1. The minimum absolute atomic E-state index is 0.0928. The van der Waals surface area contributed by atoms with Gasteiger partial charge in [-0.2, -0.15) is 0 Å². The first-order valence-electron chi connectivity index (χ1n) is 6.78. The Hall–Kier alpha value is -1.88. The molecule has 1 heterocycles. The van der Waals surface area contributed by atoms with Crippen molar-refractivity contribution in [1.29, 1.82) is 0 Å². The highest BCUT2D eigenvalue weighted by atomic mass is 16.4. The van der Waals surface area contributed by atoms with Gasteiger partial charge in [-0.3, -0.25) is 14.5 Å². The van der Waals surface area contributed by atoms with E-state index in [-0.39, 0.29) is 18.4 Å². The fourth-order valence-corrected chi connectivity index (χ4v) is 2.46. The highest BCUT2D eigenvalue weighted by Crippen LogP contribution is 2.19. The Bertz CT molecular complexity index is 528. The molecule has 1 atom stereocenters. The SMILES string of the molecule is Cc1cccc(NC(=O)CN2CCC(C(=O)O)C2)c1C. The molecule has 0 bridgehead atoms. The van der Waals surface area contributed by atoms with Gasteiger partial charge >= 0.3 is 5.97 Å². The normalized spacial score (nSPS) is 19.0. The molecule has 20 heavy (non-hydrogen) atoms. The van der Waals surface area contributed by atoms with Crippen molar-refractivity contribution in [3.8, 4) is 0 Å². The van der Waals surface area contributed by atoms with Gasteiger partial charge in [-0.25, -0.2) is 0 Å². The van der Waals surface area contributed by atoms with Gasteiger partial charge in [0.25, 0.3) is 0 Å². The molecule has 0 saturated carbocycles. The number of carbonyl (C=O) groups is 2. The Morgan fingerprint density at radius 1 is 1.40 bits per heavy atom. The van der Waals surface area contributed by atoms with E-state index in [1.807, 2.05) is 36.9 Å². The fraction of sp³-hybridized carbons (Fsp3) is 0.467. The summed E-state index contributed by atoms with van der Waals surface area (Å²) in [5.41, 5.74) is 3.02. The third kappa shape index (κ3) is 3.36. The van der Waals surface area contributed by atoms with Crippen molar-refractivity contribution in [1.82, 2.24) is 4.90 Å². The second kappa shape index (κ2) is 6.05. The van der Waals surface area contributed by atoms with Crippen LogP contribution < -0.4 is 5.32 Å². The highest BCUT2D eigenvalue weighted by Gasteiger charge is 2.28. The van der Waals surface area contributed by atoms with Crippen molar-refractivity contribution in [2.45, 2.75) is 20.3 Å². The molecule has 1 fully saturated rings. The first-order chi connectivity index (χ1) is 9.47. The third-order valence-corrected chi connectivity index (χ3v) is 3.87. The lowest BCUT2D eigenvalue weighted by atomic mass is 10.1. The summed E-state index contributed by atoms with van der Waals surface area (Å²) in [4.78, 5) is 24.8. The van der Waals surface area contributed by atoms with E-state index in [0.29, 0.717) is 19.5 Å². The summed E-state index contributed by atoms with van der Waals surface area (Å²) < 4.78 is 0. The Morgan fingerprint density at radius 3 is 2.80 bits per heavy atom. The molecule has 2 rings (SSSR count). The van der Waals surface area contributed by atoms with Gasteiger partial charge in [0, 0.05) is 12.2 Å². The van der Waals surface area contributed by atoms with Crippen LogP contribution in [0.1, 0.15) is 17.5 Å². The van der Waals surface area contributed by atoms with E-state index in [0.717, 1.165) is 16.8 Å². The van der Waals surface area contributed by atoms with E-state index in [1.165, 1.54) is 0 Å². The smallest absolute Gasteiger partial charge is 0.307 e. The first-order valence-corrected chi connectivity index (χ1v) is 6.78. The molecule has 1 aliphatic rings. The van der Waals surface area contributed by atoms with Crippen LogP contribution in [-0.4, -0.2) is 41.5 Å². The predicted molar refractivity (Wildman–Crippen MR) is 76.7 cm³/mol. The number of rotatable bonds is 4. The molecule has 1 amide bonds. The van der Waals surface area contributed by atoms with Crippen LogP contribution in [0.4, 0.5) is 5.69 Å². The summed E-state index contributed by atoms with van der Waals surface area (Å²) in [6, 6.07) is 5.79. The lowest BCUT2D eigenvalue weighted by molar-refractivity contribution is -0.141. The van der Waals surface area contributed by atoms with Crippen LogP contribution >= 0.6 is 0 Å². The Balaban J connectivity index is 1.90. The van der Waals surface area contributed by atoms with Crippen molar-refractivity contribution >= 4 is 17.6 Å². The van der Waals surface area contributed by atoms with Crippen molar-refractivity contribution in [2.75, 3.05) is 25.0 Å². The lowest BCUT2D eigenvalue weighted by Gasteiger charge is -2.16. The molecular formula is C15H20N2O3. The van der Waals surface area contributed by atoms with E-state index in [9.17, 15) is 9.59 Å². The summed E-state index contributed by atoms with van der Waals surface area (Å²) in [5.74, 6) is -1.21. The van der Waals surface area contributed by atoms with Crippen molar-refractivity contribution in [2.24, 2.45) is 5.92 Å². The zero-order valence-corrected chi connectivity index (χ0v) is 11.8. The minimum Gasteiger partial charge on any atom is -0.481 e. The Morgan fingerprint density at radius 2 is 2.15 bits per heavy atom. The molecule has 1 aliphatic heterocycles. The summed E-state index contributed by atoms with van der Waals surface area (Å²) in [5, 5.41) is 11.8. The molecule has 5 heteroatoms. The van der Waals surface area contributed by atoms with Gasteiger partial charge in [-0.15, -0.1) is 0 Å². The zero-order chi connectivity index (χ0) is 14.7. The van der Waals surface area contributed by atoms with Crippen LogP contribution in [0.25, 0.3) is 0 Å². The summed E-state index contributed by atoms with van der Waals surface area (Å²) in [6.45, 7) is 5.34. The van der Waals surface area contributed by atoms with E-state index < -0.39 is 5.97 Å². The molecule has 108 valence electrons. The number of amides is 1. The Kier molecular flexibility index (Phi) is 4.39. The maximum absolute atomic E-state index is 12.0. The van der Waals surface area contributed by atoms with E-state index in [1.54, 1.807) is 0 Å². The Labute approximate surface area is 118 Å². The number of anilines is 1. The van der Waals surface area contributed by atoms with E-state index >= 15 is 0 Å². The van der Waals surface area contributed by atoms with Gasteiger partial charge in [0.05, 0.1) is 12.5 Å². The number of benzene rings is 1. The van der Waals surface area contributed by atoms with Crippen molar-refractivity contribution in [3.63, 3.8) is 0 Å². The fourth-order valence-electron chi connectivity index (χ4n) is 2.46. The van der Waals surface area contributed by atoms with Crippen LogP contribution in [0.15, 0.2) is 18.2 Å². The van der Waals surface area contributed by atoms with Crippen molar-refractivity contribution in [3.05, 3.63) is 29.3 Å². The summed E-state index contributed by atoms with van der Waals surface area (Å²) >= 11 is 0. The molecule has 2 N–H and O–H groups in total. The van der Waals surface area contributed by atoms with Crippen LogP contribution in [0.5, 0.6) is 0 Å². The zero-order valence-electron chi connectivity index (χ0n) is 11.8. The minimum atomic E-state index is -0.776. The predicted octanol–water partition coefficient (Wildman–Crippen LogP) is 1.65. The average molecular weight is 276 g/mol. The topological polar surface area (TPSA) is 69.6 Å². The molecule has 1 unspecified atom stereocenters. The second-order valence-corrected chi connectivity index (χ2v) is 5.35. The number of nitrogens with zero attached hydrogens (tertiary/aromatic N) is 1. The van der Waals surface area contributed by atoms with E-state index in [2.05, 4.69) is 5.32 Å². The second-order valence-electron chi connectivity index (χ2n) is 5.35. The van der Waals surface area contributed by atoms with Crippen molar-refractivity contribution < 1.29 is 14.7 Å². The first kappa shape index (κ1) is 14.5. The number of aryl methyl sites for hydroxylation is 1. The number of carboxylic acid groups (broad SMARTS) is 1. The van der Waals surface area contributed by atoms with E-state index in [4.69, 9.17) is 5.11 Å². The van der Waals surface area contributed by atoms with Gasteiger partial charge in [0.1, 0.15) is 0 Å². The number of aliphatic carboxylic acids is 1. The number of carboxylic acids is 1. The molecule has 5 nitrogen and oxygen atoms in total. The molecule has 0 aromatic heterocycles. The monoisotopic (exact) mass is 276 g/mol. The average Bonchev–Trinajstić information content (AvgIpc) is 2.83. The maximum atomic E-state index is 12.0. The molecule has 0 radical (unpaired) electrons. The van der Waals surface area contributed by atoms with Crippen LogP contribution in [0.2, 0.25) is 0 Å². The van der Waals surface area contributed by atoms with Gasteiger partial charge in [0.2, 0.25) is 5.91 Å². The molecule has 0 spiro atoms. The van der Waals surface area contributed by atoms with Gasteiger partial charge < -0.3 is 10.4 Å². The lowest BCUT2D eigenvalue weighted by Crippen LogP contribution is -2.32. The number of hydrogen-bond donors (Lipinski definition) is 2. The summed E-state index contributed by atoms with van der Waals surface area (Å²) in [7, 11) is 0. The largest absolute Gasteiger partial charge is 0.481 e. The standard InChI is InChI=1S/C15H20N2O3/c1-10-4-3-5-13(11(10)2)16-14(18)9-17-7-6-12(8-17)15(19)20/h3-5,12H,6-9H2,1-2H3,(H,16,18)(H,19,20). The molecular weight excluding hydrogens is 256 g/mol. The molecule has 0 aliphatic carbocycles. The van der Waals surface area contributed by atoms with Gasteiger partial charge in [-0.05, 0) is 44.0 Å². The number of nitrogens with one attached hydrogen (secondary N) is 1. The maximum Gasteiger partial charge on any atom is 0.307 e. The van der Waals surface area contributed by atoms with Crippen LogP contribution in [0.3, 0.4) is 0 Å². The summed E-state index contributed by atoms with van der Waals surface area (Å²) in [6.07, 6.45) is 0.617. The third-order valence-electron chi connectivity index (χ3n) is 3.87. The van der Waals surface area contributed by atoms with Gasteiger partial charge in [-0.1, -0.05) is 12.1 Å². The number of carbonyl (C=O) groups excluding carboxylic acids is 1. The van der Waals surface area contributed by atoms with Gasteiger partial charge in [0.15, 0.2) is 0 Å². The molecule has 1 saturated heterocycles. The highest BCUT2D eigenvalue weighted by molar-refractivity contribution is 5.93. The molecule has 1 aromatic carbocycles. The van der Waals surface area contributed by atoms with Crippen LogP contribution in [0, 0.1) is 19.8 Å².